The summed E-state index contributed by atoms with van der Waals surface area (Å²) in [5.41, 5.74) is 1.04. The lowest BCUT2D eigenvalue weighted by atomic mass is 10.1. The van der Waals surface area contributed by atoms with Crippen LogP contribution in [0.1, 0.15) is 5.56 Å². The van der Waals surface area contributed by atoms with Crippen molar-refractivity contribution in [1.29, 1.82) is 0 Å². The molecule has 0 saturated heterocycles. The summed E-state index contributed by atoms with van der Waals surface area (Å²) < 4.78 is 29.2. The highest BCUT2D eigenvalue weighted by atomic mass is 35.7. The van der Waals surface area contributed by atoms with Gasteiger partial charge in [0.05, 0.1) is 4.90 Å². The van der Waals surface area contributed by atoms with Crippen LogP contribution in [0.5, 0.6) is 5.75 Å². The summed E-state index contributed by atoms with van der Waals surface area (Å²) in [6, 6.07) is 20.0. The summed E-state index contributed by atoms with van der Waals surface area (Å²) in [6.07, 6.45) is 0. The van der Waals surface area contributed by atoms with Crippen LogP contribution in [-0.2, 0) is 15.7 Å². The van der Waals surface area contributed by atoms with E-state index in [1.165, 1.54) is 6.07 Å². The van der Waals surface area contributed by atoms with Gasteiger partial charge in [0.25, 0.3) is 9.05 Å². The lowest BCUT2D eigenvalue weighted by Crippen LogP contribution is -1.98. The van der Waals surface area contributed by atoms with Gasteiger partial charge in [0.2, 0.25) is 0 Å². The smallest absolute Gasteiger partial charge is 0.261 e. The summed E-state index contributed by atoms with van der Waals surface area (Å²) >= 11 is 0. The van der Waals surface area contributed by atoms with Crippen molar-refractivity contribution in [3.05, 3.63) is 72.3 Å². The van der Waals surface area contributed by atoms with Gasteiger partial charge in [-0.2, -0.15) is 0 Å². The van der Waals surface area contributed by atoms with E-state index in [0.717, 1.165) is 10.9 Å². The van der Waals surface area contributed by atoms with Crippen LogP contribution in [0.25, 0.3) is 10.8 Å². The largest absolute Gasteiger partial charge is 0.488 e. The first kappa shape index (κ1) is 14.9. The van der Waals surface area contributed by atoms with Crippen molar-refractivity contribution in [2.75, 3.05) is 0 Å². The third-order valence-corrected chi connectivity index (χ3v) is 4.72. The zero-order chi connectivity index (χ0) is 15.6. The van der Waals surface area contributed by atoms with E-state index in [0.29, 0.717) is 17.7 Å². The van der Waals surface area contributed by atoms with Gasteiger partial charge in [-0.3, -0.25) is 0 Å². The number of ether oxygens (including phenoxy) is 1. The Morgan fingerprint density at radius 3 is 2.14 bits per heavy atom. The Morgan fingerprint density at radius 1 is 0.818 bits per heavy atom. The summed E-state index contributed by atoms with van der Waals surface area (Å²) in [7, 11) is 1.70. The van der Waals surface area contributed by atoms with E-state index < -0.39 is 9.05 Å². The molecular formula is C17H13ClO3S. The molecule has 0 saturated carbocycles. The van der Waals surface area contributed by atoms with Gasteiger partial charge in [-0.05, 0) is 17.7 Å². The van der Waals surface area contributed by atoms with E-state index in [-0.39, 0.29) is 4.90 Å². The zero-order valence-electron chi connectivity index (χ0n) is 11.6. The molecule has 0 aliphatic carbocycles. The molecule has 0 aliphatic rings. The van der Waals surface area contributed by atoms with Crippen LogP contribution in [0.2, 0.25) is 0 Å². The molecule has 3 rings (SSSR count). The summed E-state index contributed by atoms with van der Waals surface area (Å²) in [5, 5.41) is 1.28. The van der Waals surface area contributed by atoms with Crippen molar-refractivity contribution < 1.29 is 13.2 Å². The van der Waals surface area contributed by atoms with Crippen molar-refractivity contribution in [3.63, 3.8) is 0 Å². The monoisotopic (exact) mass is 332 g/mol. The molecule has 0 radical (unpaired) electrons. The van der Waals surface area contributed by atoms with Gasteiger partial charge in [0.1, 0.15) is 12.4 Å². The highest BCUT2D eigenvalue weighted by Crippen LogP contribution is 2.32. The molecule has 112 valence electrons. The second-order valence-corrected chi connectivity index (χ2v) is 7.35. The van der Waals surface area contributed by atoms with Crippen LogP contribution < -0.4 is 4.74 Å². The fourth-order valence-corrected chi connectivity index (χ4v) is 3.39. The molecule has 0 heterocycles. The average molecular weight is 333 g/mol. The fraction of sp³-hybridized carbons (Fsp3) is 0.0588. The molecule has 22 heavy (non-hydrogen) atoms. The fourth-order valence-electron chi connectivity index (χ4n) is 2.32. The van der Waals surface area contributed by atoms with E-state index >= 15 is 0 Å². The van der Waals surface area contributed by atoms with Crippen LogP contribution in [-0.4, -0.2) is 8.42 Å². The Labute approximate surface area is 133 Å². The maximum atomic E-state index is 11.7. The first-order valence-electron chi connectivity index (χ1n) is 6.69. The predicted molar refractivity (Wildman–Crippen MR) is 87.8 cm³/mol. The first-order valence-corrected chi connectivity index (χ1v) is 9.00. The molecule has 0 spiro atoms. The molecule has 0 N–H and O–H groups in total. The molecule has 5 heteroatoms. The Balaban J connectivity index is 2.01. The third kappa shape index (κ3) is 3.08. The summed E-state index contributed by atoms with van der Waals surface area (Å²) in [6.45, 7) is 0.414. The second-order valence-electron chi connectivity index (χ2n) is 4.82. The lowest BCUT2D eigenvalue weighted by molar-refractivity contribution is 0.310. The Hall–Kier alpha value is -2.04. The predicted octanol–water partition coefficient (Wildman–Crippen LogP) is 4.35. The second kappa shape index (κ2) is 5.99. The highest BCUT2D eigenvalue weighted by Gasteiger charge is 2.16. The SMILES string of the molecule is O=S(=O)(Cl)c1ccc(OCc2ccccc2)c2ccccc12. The van der Waals surface area contributed by atoms with Crippen LogP contribution in [0.15, 0.2) is 71.6 Å². The molecule has 0 fully saturated rings. The number of rotatable bonds is 4. The number of hydrogen-bond acceptors (Lipinski definition) is 3. The molecule has 0 bridgehead atoms. The number of fused-ring (bicyclic) bond motifs is 1. The van der Waals surface area contributed by atoms with Crippen LogP contribution in [0.4, 0.5) is 0 Å². The van der Waals surface area contributed by atoms with Gasteiger partial charge >= 0.3 is 0 Å². The maximum Gasteiger partial charge on any atom is 0.261 e. The van der Waals surface area contributed by atoms with E-state index in [1.807, 2.05) is 42.5 Å². The lowest BCUT2D eigenvalue weighted by Gasteiger charge is -2.11. The van der Waals surface area contributed by atoms with E-state index in [2.05, 4.69) is 0 Å². The van der Waals surface area contributed by atoms with Gasteiger partial charge in [0.15, 0.2) is 0 Å². The van der Waals surface area contributed by atoms with Crippen molar-refractivity contribution in [3.8, 4) is 5.75 Å². The number of benzene rings is 3. The Bertz CT molecular complexity index is 906. The Kier molecular flexibility index (Phi) is 4.05. The minimum absolute atomic E-state index is 0.0943. The maximum absolute atomic E-state index is 11.7. The molecule has 0 atom stereocenters. The molecular weight excluding hydrogens is 320 g/mol. The summed E-state index contributed by atoms with van der Waals surface area (Å²) in [5.74, 6) is 0.628. The van der Waals surface area contributed by atoms with Crippen molar-refractivity contribution in [1.82, 2.24) is 0 Å². The minimum atomic E-state index is -3.80. The van der Waals surface area contributed by atoms with Crippen molar-refractivity contribution in [2.45, 2.75) is 11.5 Å². The topological polar surface area (TPSA) is 43.4 Å². The van der Waals surface area contributed by atoms with Gasteiger partial charge in [-0.15, -0.1) is 0 Å². The third-order valence-electron chi connectivity index (χ3n) is 3.34. The molecule has 3 aromatic carbocycles. The number of hydrogen-bond donors (Lipinski definition) is 0. The molecule has 0 unspecified atom stereocenters. The van der Waals surface area contributed by atoms with Crippen LogP contribution in [0.3, 0.4) is 0 Å². The van der Waals surface area contributed by atoms with Gasteiger partial charge in [0, 0.05) is 21.5 Å². The molecule has 3 aromatic rings. The van der Waals surface area contributed by atoms with Crippen LogP contribution >= 0.6 is 10.7 Å². The van der Waals surface area contributed by atoms with Gasteiger partial charge in [-0.25, -0.2) is 8.42 Å². The minimum Gasteiger partial charge on any atom is -0.488 e. The molecule has 3 nitrogen and oxygen atoms in total. The van der Waals surface area contributed by atoms with Gasteiger partial charge < -0.3 is 4.74 Å². The van der Waals surface area contributed by atoms with Crippen molar-refractivity contribution in [2.24, 2.45) is 0 Å². The van der Waals surface area contributed by atoms with E-state index in [1.54, 1.807) is 18.2 Å². The van der Waals surface area contributed by atoms with Crippen LogP contribution in [0, 0.1) is 0 Å². The summed E-state index contributed by atoms with van der Waals surface area (Å²) in [4.78, 5) is 0.0943. The number of halogens is 1. The highest BCUT2D eigenvalue weighted by molar-refractivity contribution is 8.14. The molecule has 0 aliphatic heterocycles. The zero-order valence-corrected chi connectivity index (χ0v) is 13.1. The first-order chi connectivity index (χ1) is 10.6. The normalized spacial score (nSPS) is 11.5. The molecule has 0 amide bonds. The van der Waals surface area contributed by atoms with Gasteiger partial charge in [-0.1, -0.05) is 54.6 Å². The van der Waals surface area contributed by atoms with E-state index in [4.69, 9.17) is 15.4 Å². The molecule has 0 aromatic heterocycles. The van der Waals surface area contributed by atoms with Crippen molar-refractivity contribution >= 4 is 30.5 Å². The Morgan fingerprint density at radius 2 is 1.45 bits per heavy atom. The van der Waals surface area contributed by atoms with E-state index in [9.17, 15) is 8.42 Å². The average Bonchev–Trinajstić information content (AvgIpc) is 2.52. The standard InChI is InChI=1S/C17H13ClO3S/c18-22(19,20)17-11-10-16(14-8-4-5-9-15(14)17)21-12-13-6-2-1-3-7-13/h1-11H,12H2. The quantitative estimate of drug-likeness (QED) is 0.667.